The molecule has 0 N–H and O–H groups in total. The van der Waals surface area contributed by atoms with Crippen LogP contribution < -0.4 is 0 Å². The largest absolute Gasteiger partial charge is 0.336 e. The molecule has 2 aliphatic rings. The minimum Gasteiger partial charge on any atom is -0.336 e. The molecular weight excluding hydrogens is 470 g/mol. The van der Waals surface area contributed by atoms with Gasteiger partial charge in [0.05, 0.1) is 4.91 Å². The van der Waals surface area contributed by atoms with Gasteiger partial charge in [-0.15, -0.1) is 0 Å². The molecule has 0 spiro atoms. The van der Waals surface area contributed by atoms with Gasteiger partial charge in [0.1, 0.15) is 6.54 Å². The number of imide groups is 1. The molecule has 3 aromatic rings. The Morgan fingerprint density at radius 3 is 2.39 bits per heavy atom. The summed E-state index contributed by atoms with van der Waals surface area (Å²) in [7, 11) is 0. The Hall–Kier alpha value is -3.58. The lowest BCUT2D eigenvalue weighted by Gasteiger charge is -2.29. The molecule has 6 nitrogen and oxygen atoms in total. The zero-order valence-corrected chi connectivity index (χ0v) is 21.8. The highest BCUT2D eigenvalue weighted by atomic mass is 32.2. The second-order valence-electron chi connectivity index (χ2n) is 9.61. The Balaban J connectivity index is 1.34. The van der Waals surface area contributed by atoms with Crippen LogP contribution in [0.4, 0.5) is 4.79 Å². The molecule has 2 aliphatic heterocycles. The molecule has 36 heavy (non-hydrogen) atoms. The Morgan fingerprint density at radius 1 is 0.972 bits per heavy atom. The van der Waals surface area contributed by atoms with E-state index in [4.69, 9.17) is 0 Å². The van der Waals surface area contributed by atoms with Gasteiger partial charge in [-0.25, -0.2) is 0 Å². The SMILES string of the molecule is Cc1cc(C)cc(-n2c(C)cc(/C=C3\SC(=O)N(CC(=O)N4CCc5ccccc5C4)C3=O)c2C)c1. The van der Waals surface area contributed by atoms with Gasteiger partial charge in [-0.1, -0.05) is 30.3 Å². The van der Waals surface area contributed by atoms with Gasteiger partial charge in [0.15, 0.2) is 0 Å². The number of benzene rings is 2. The van der Waals surface area contributed by atoms with Crippen LogP contribution in [0.3, 0.4) is 0 Å². The third-order valence-electron chi connectivity index (χ3n) is 6.87. The predicted molar refractivity (Wildman–Crippen MR) is 143 cm³/mol. The van der Waals surface area contributed by atoms with E-state index in [2.05, 4.69) is 42.7 Å². The Morgan fingerprint density at radius 2 is 1.67 bits per heavy atom. The first-order valence-electron chi connectivity index (χ1n) is 12.1. The van der Waals surface area contributed by atoms with E-state index in [1.807, 2.05) is 38.1 Å². The van der Waals surface area contributed by atoms with E-state index in [1.54, 1.807) is 11.0 Å². The summed E-state index contributed by atoms with van der Waals surface area (Å²) in [5, 5.41) is -0.403. The first-order chi connectivity index (χ1) is 17.2. The monoisotopic (exact) mass is 499 g/mol. The summed E-state index contributed by atoms with van der Waals surface area (Å²) in [5.41, 5.74) is 8.72. The number of aromatic nitrogens is 1. The minimum atomic E-state index is -0.410. The second kappa shape index (κ2) is 9.47. The number of carbonyl (C=O) groups excluding carboxylic acids is 3. The molecule has 1 aromatic heterocycles. The van der Waals surface area contributed by atoms with Gasteiger partial charge in [0.25, 0.3) is 11.1 Å². The lowest BCUT2D eigenvalue weighted by Crippen LogP contribution is -2.44. The number of hydrogen-bond donors (Lipinski definition) is 0. The maximum absolute atomic E-state index is 13.1. The van der Waals surface area contributed by atoms with Crippen LogP contribution in [0.2, 0.25) is 0 Å². The molecule has 0 radical (unpaired) electrons. The zero-order chi connectivity index (χ0) is 25.6. The number of thioether (sulfide) groups is 1. The summed E-state index contributed by atoms with van der Waals surface area (Å²) in [4.78, 5) is 42.0. The lowest BCUT2D eigenvalue weighted by atomic mass is 10.00. The molecule has 184 valence electrons. The fraction of sp³-hybridized carbons (Fsp3) is 0.276. The molecule has 1 saturated heterocycles. The van der Waals surface area contributed by atoms with Crippen molar-refractivity contribution in [3.05, 3.63) is 92.6 Å². The average molecular weight is 500 g/mol. The van der Waals surface area contributed by atoms with Crippen molar-refractivity contribution in [2.24, 2.45) is 0 Å². The molecular formula is C29H29N3O3S. The van der Waals surface area contributed by atoms with E-state index in [1.165, 1.54) is 16.7 Å². The quantitative estimate of drug-likeness (QED) is 0.455. The molecule has 7 heteroatoms. The Kier molecular flexibility index (Phi) is 6.35. The fourth-order valence-electron chi connectivity index (χ4n) is 5.13. The molecule has 5 rings (SSSR count). The van der Waals surface area contributed by atoms with Crippen LogP contribution in [-0.2, 0) is 22.6 Å². The van der Waals surface area contributed by atoms with Crippen molar-refractivity contribution in [3.63, 3.8) is 0 Å². The molecule has 0 bridgehead atoms. The molecule has 0 aliphatic carbocycles. The van der Waals surface area contributed by atoms with Crippen LogP contribution in [0.5, 0.6) is 0 Å². The number of fused-ring (bicyclic) bond motifs is 1. The summed E-state index contributed by atoms with van der Waals surface area (Å²) in [6.07, 6.45) is 2.55. The van der Waals surface area contributed by atoms with Crippen molar-refractivity contribution in [1.29, 1.82) is 0 Å². The normalized spacial score (nSPS) is 16.7. The maximum atomic E-state index is 13.1. The van der Waals surface area contributed by atoms with E-state index in [0.29, 0.717) is 18.0 Å². The van der Waals surface area contributed by atoms with Crippen LogP contribution >= 0.6 is 11.8 Å². The van der Waals surface area contributed by atoms with Gasteiger partial charge in [0.2, 0.25) is 5.91 Å². The van der Waals surface area contributed by atoms with Crippen molar-refractivity contribution in [3.8, 4) is 5.69 Å². The van der Waals surface area contributed by atoms with Crippen molar-refractivity contribution in [2.75, 3.05) is 13.1 Å². The summed E-state index contributed by atoms with van der Waals surface area (Å²) in [6.45, 7) is 9.06. The highest BCUT2D eigenvalue weighted by Gasteiger charge is 2.37. The molecule has 0 atom stereocenters. The van der Waals surface area contributed by atoms with Crippen LogP contribution in [0.15, 0.2) is 53.4 Å². The first-order valence-corrected chi connectivity index (χ1v) is 12.9. The van der Waals surface area contributed by atoms with Gasteiger partial charge in [-0.3, -0.25) is 19.3 Å². The zero-order valence-electron chi connectivity index (χ0n) is 21.0. The van der Waals surface area contributed by atoms with Gasteiger partial charge < -0.3 is 9.47 Å². The van der Waals surface area contributed by atoms with E-state index in [9.17, 15) is 14.4 Å². The number of aryl methyl sites for hydroxylation is 3. The topological polar surface area (TPSA) is 62.6 Å². The fourth-order valence-corrected chi connectivity index (χ4v) is 5.96. The third kappa shape index (κ3) is 4.51. The van der Waals surface area contributed by atoms with Gasteiger partial charge in [-0.05, 0) is 98.0 Å². The number of hydrogen-bond acceptors (Lipinski definition) is 4. The van der Waals surface area contributed by atoms with Crippen LogP contribution in [0.25, 0.3) is 11.8 Å². The van der Waals surface area contributed by atoms with E-state index in [-0.39, 0.29) is 12.5 Å². The summed E-state index contributed by atoms with van der Waals surface area (Å²) < 4.78 is 2.16. The van der Waals surface area contributed by atoms with Crippen molar-refractivity contribution < 1.29 is 14.4 Å². The Bertz CT molecular complexity index is 1420. The number of nitrogens with zero attached hydrogens (tertiary/aromatic N) is 3. The molecule has 3 amide bonds. The van der Waals surface area contributed by atoms with Crippen LogP contribution in [0.1, 0.15) is 39.2 Å². The van der Waals surface area contributed by atoms with Crippen molar-refractivity contribution in [2.45, 2.75) is 40.7 Å². The van der Waals surface area contributed by atoms with Crippen molar-refractivity contribution in [1.82, 2.24) is 14.4 Å². The number of amides is 3. The van der Waals surface area contributed by atoms with E-state index in [0.717, 1.165) is 51.3 Å². The van der Waals surface area contributed by atoms with Gasteiger partial charge >= 0.3 is 0 Å². The molecule has 1 fully saturated rings. The molecule has 3 heterocycles. The lowest BCUT2D eigenvalue weighted by molar-refractivity contribution is -0.136. The highest BCUT2D eigenvalue weighted by molar-refractivity contribution is 8.18. The van der Waals surface area contributed by atoms with Crippen LogP contribution in [0, 0.1) is 27.7 Å². The number of carbonyl (C=O) groups is 3. The highest BCUT2D eigenvalue weighted by Crippen LogP contribution is 2.34. The summed E-state index contributed by atoms with van der Waals surface area (Å²) in [6, 6.07) is 16.5. The smallest absolute Gasteiger partial charge is 0.294 e. The van der Waals surface area contributed by atoms with Crippen LogP contribution in [-0.4, -0.2) is 44.5 Å². The molecule has 0 unspecified atom stereocenters. The minimum absolute atomic E-state index is 0.207. The molecule has 0 saturated carbocycles. The van der Waals surface area contributed by atoms with Crippen molar-refractivity contribution >= 4 is 34.9 Å². The Labute approximate surface area is 215 Å². The second-order valence-corrected chi connectivity index (χ2v) is 10.6. The standard InChI is InChI=1S/C29H29N3O3S/c1-18-11-19(2)13-25(12-18)32-20(3)14-24(21(32)4)15-26-28(34)31(29(35)36-26)17-27(33)30-10-9-22-7-5-6-8-23(22)16-30/h5-8,11-15H,9-10,16-17H2,1-4H3/b26-15-. The summed E-state index contributed by atoms with van der Waals surface area (Å²) in [5.74, 6) is -0.618. The molecule has 2 aromatic carbocycles. The number of rotatable bonds is 4. The van der Waals surface area contributed by atoms with Gasteiger partial charge in [0, 0.05) is 30.2 Å². The van der Waals surface area contributed by atoms with Gasteiger partial charge in [-0.2, -0.15) is 0 Å². The first kappa shape index (κ1) is 24.1. The average Bonchev–Trinajstić information content (AvgIpc) is 3.26. The van der Waals surface area contributed by atoms with E-state index >= 15 is 0 Å². The maximum Gasteiger partial charge on any atom is 0.294 e. The predicted octanol–water partition coefficient (Wildman–Crippen LogP) is 5.33. The summed E-state index contributed by atoms with van der Waals surface area (Å²) >= 11 is 0.897. The van der Waals surface area contributed by atoms with E-state index < -0.39 is 11.1 Å². The third-order valence-corrected chi connectivity index (χ3v) is 7.78.